The van der Waals surface area contributed by atoms with E-state index in [4.69, 9.17) is 9.47 Å². The highest BCUT2D eigenvalue weighted by Gasteiger charge is 2.26. The predicted octanol–water partition coefficient (Wildman–Crippen LogP) is 3.08. The number of amides is 1. The van der Waals surface area contributed by atoms with E-state index >= 15 is 0 Å². The van der Waals surface area contributed by atoms with Crippen molar-refractivity contribution in [2.75, 3.05) is 33.1 Å². The van der Waals surface area contributed by atoms with Crippen LogP contribution < -0.4 is 4.74 Å². The number of carbonyl (C=O) groups is 2. The van der Waals surface area contributed by atoms with Crippen LogP contribution in [0.5, 0.6) is 5.75 Å². The molecule has 0 aliphatic carbocycles. The van der Waals surface area contributed by atoms with Gasteiger partial charge in [-0.1, -0.05) is 13.8 Å². The molecule has 0 unspecified atom stereocenters. The molecule has 24 heavy (non-hydrogen) atoms. The van der Waals surface area contributed by atoms with E-state index in [1.54, 1.807) is 28.8 Å². The molecule has 0 radical (unpaired) electrons. The Morgan fingerprint density at radius 2 is 1.92 bits per heavy atom. The van der Waals surface area contributed by atoms with E-state index in [1.807, 2.05) is 12.3 Å². The molecule has 1 heterocycles. The molecule has 132 valence electrons. The number of benzene rings is 1. The van der Waals surface area contributed by atoms with Gasteiger partial charge < -0.3 is 14.4 Å². The Kier molecular flexibility index (Phi) is 6.54. The SMILES string of the molecule is COc1cc(SC)ccc1C(=O)OCC(=O)N1C[C@H](C)C[C@H](C)C1. The van der Waals surface area contributed by atoms with Crippen molar-refractivity contribution in [2.24, 2.45) is 11.8 Å². The first-order chi connectivity index (χ1) is 11.4. The molecule has 1 fully saturated rings. The van der Waals surface area contributed by atoms with Crippen LogP contribution in [-0.2, 0) is 9.53 Å². The first-order valence-corrected chi connectivity index (χ1v) is 9.34. The van der Waals surface area contributed by atoms with Gasteiger partial charge >= 0.3 is 5.97 Å². The van der Waals surface area contributed by atoms with E-state index in [9.17, 15) is 9.59 Å². The van der Waals surface area contributed by atoms with E-state index in [-0.39, 0.29) is 12.5 Å². The fraction of sp³-hybridized carbons (Fsp3) is 0.556. The zero-order valence-corrected chi connectivity index (χ0v) is 15.5. The summed E-state index contributed by atoms with van der Waals surface area (Å²) in [5.41, 5.74) is 0.337. The van der Waals surface area contributed by atoms with Crippen LogP contribution in [0.3, 0.4) is 0 Å². The van der Waals surface area contributed by atoms with Crippen LogP contribution >= 0.6 is 11.8 Å². The number of methoxy groups -OCH3 is 1. The van der Waals surface area contributed by atoms with Crippen LogP contribution in [0.1, 0.15) is 30.6 Å². The number of ether oxygens (including phenoxy) is 2. The third-order valence-electron chi connectivity index (χ3n) is 4.18. The number of hydrogen-bond acceptors (Lipinski definition) is 5. The molecule has 1 saturated heterocycles. The molecule has 2 rings (SSSR count). The normalized spacial score (nSPS) is 20.6. The van der Waals surface area contributed by atoms with Gasteiger partial charge in [-0.2, -0.15) is 0 Å². The highest BCUT2D eigenvalue weighted by molar-refractivity contribution is 7.98. The van der Waals surface area contributed by atoms with Gasteiger partial charge in [-0.25, -0.2) is 4.79 Å². The Morgan fingerprint density at radius 3 is 2.50 bits per heavy atom. The lowest BCUT2D eigenvalue weighted by Gasteiger charge is -2.34. The minimum Gasteiger partial charge on any atom is -0.496 e. The molecule has 0 bridgehead atoms. The lowest BCUT2D eigenvalue weighted by Crippen LogP contribution is -2.44. The maximum absolute atomic E-state index is 12.3. The summed E-state index contributed by atoms with van der Waals surface area (Å²) in [7, 11) is 1.51. The minimum absolute atomic E-state index is 0.138. The molecular formula is C18H25NO4S. The van der Waals surface area contributed by atoms with Gasteiger partial charge in [-0.05, 0) is 42.7 Å². The van der Waals surface area contributed by atoms with Crippen molar-refractivity contribution >= 4 is 23.6 Å². The number of hydrogen-bond donors (Lipinski definition) is 0. The summed E-state index contributed by atoms with van der Waals surface area (Å²) in [6.45, 7) is 5.50. The van der Waals surface area contributed by atoms with Crippen LogP contribution in [0.4, 0.5) is 0 Å². The molecule has 1 amide bonds. The third kappa shape index (κ3) is 4.66. The van der Waals surface area contributed by atoms with Gasteiger partial charge in [0.05, 0.1) is 7.11 Å². The summed E-state index contributed by atoms with van der Waals surface area (Å²) in [5, 5.41) is 0. The number of esters is 1. The van der Waals surface area contributed by atoms with Crippen LogP contribution in [0.2, 0.25) is 0 Å². The number of likely N-dealkylation sites (tertiary alicyclic amines) is 1. The molecule has 5 nitrogen and oxygen atoms in total. The summed E-state index contributed by atoms with van der Waals surface area (Å²) < 4.78 is 10.5. The van der Waals surface area contributed by atoms with Crippen LogP contribution in [0.15, 0.2) is 23.1 Å². The predicted molar refractivity (Wildman–Crippen MR) is 94.6 cm³/mol. The smallest absolute Gasteiger partial charge is 0.342 e. The number of piperidine rings is 1. The maximum Gasteiger partial charge on any atom is 0.342 e. The third-order valence-corrected chi connectivity index (χ3v) is 4.90. The second kappa shape index (κ2) is 8.42. The first-order valence-electron chi connectivity index (χ1n) is 8.11. The molecule has 6 heteroatoms. The fourth-order valence-corrected chi connectivity index (χ4v) is 3.56. The largest absolute Gasteiger partial charge is 0.496 e. The van der Waals surface area contributed by atoms with Crippen molar-refractivity contribution in [2.45, 2.75) is 25.2 Å². The van der Waals surface area contributed by atoms with E-state index in [2.05, 4.69) is 13.8 Å². The Bertz CT molecular complexity index is 595. The average Bonchev–Trinajstić information content (AvgIpc) is 2.57. The zero-order chi connectivity index (χ0) is 17.7. The number of nitrogens with zero attached hydrogens (tertiary/aromatic N) is 1. The standard InChI is InChI=1S/C18H25NO4S/c1-12-7-13(2)10-19(9-12)17(20)11-23-18(21)15-6-5-14(24-4)8-16(15)22-3/h5-6,8,12-13H,7,9-11H2,1-4H3/t12-,13+. The lowest BCUT2D eigenvalue weighted by atomic mass is 9.92. The van der Waals surface area contributed by atoms with Crippen LogP contribution in [0.25, 0.3) is 0 Å². The Balaban J connectivity index is 1.96. The highest BCUT2D eigenvalue weighted by atomic mass is 32.2. The van der Waals surface area contributed by atoms with Gasteiger partial charge in [-0.3, -0.25) is 4.79 Å². The molecule has 1 aromatic carbocycles. The molecule has 1 aliphatic rings. The molecule has 0 aromatic heterocycles. The summed E-state index contributed by atoms with van der Waals surface area (Å²) in [6.07, 6.45) is 3.08. The van der Waals surface area contributed by atoms with Crippen molar-refractivity contribution in [1.29, 1.82) is 0 Å². The van der Waals surface area contributed by atoms with Gasteiger partial charge in [0.1, 0.15) is 11.3 Å². The Hall–Kier alpha value is -1.69. The molecule has 1 aromatic rings. The van der Waals surface area contributed by atoms with Crippen LogP contribution in [0, 0.1) is 11.8 Å². The fourth-order valence-electron chi connectivity index (χ4n) is 3.13. The van der Waals surface area contributed by atoms with Crippen molar-refractivity contribution in [3.8, 4) is 5.75 Å². The van der Waals surface area contributed by atoms with E-state index < -0.39 is 5.97 Å². The second-order valence-electron chi connectivity index (χ2n) is 6.39. The van der Waals surface area contributed by atoms with Gasteiger partial charge in [-0.15, -0.1) is 11.8 Å². The summed E-state index contributed by atoms with van der Waals surface area (Å²) >= 11 is 1.56. The van der Waals surface area contributed by atoms with E-state index in [0.717, 1.165) is 24.4 Å². The molecule has 2 atom stereocenters. The molecule has 0 spiro atoms. The van der Waals surface area contributed by atoms with Gasteiger partial charge in [0.25, 0.3) is 5.91 Å². The van der Waals surface area contributed by atoms with Crippen LogP contribution in [-0.4, -0.2) is 49.8 Å². The Morgan fingerprint density at radius 1 is 1.25 bits per heavy atom. The molecule has 0 N–H and O–H groups in total. The zero-order valence-electron chi connectivity index (χ0n) is 14.7. The molecular weight excluding hydrogens is 326 g/mol. The first kappa shape index (κ1) is 18.6. The maximum atomic E-state index is 12.3. The van der Waals surface area contributed by atoms with E-state index in [1.165, 1.54) is 7.11 Å². The second-order valence-corrected chi connectivity index (χ2v) is 7.27. The minimum atomic E-state index is -0.536. The van der Waals surface area contributed by atoms with Crippen molar-refractivity contribution in [3.05, 3.63) is 23.8 Å². The average molecular weight is 351 g/mol. The molecule has 1 aliphatic heterocycles. The van der Waals surface area contributed by atoms with Crippen molar-refractivity contribution in [3.63, 3.8) is 0 Å². The van der Waals surface area contributed by atoms with Gasteiger partial charge in [0.2, 0.25) is 0 Å². The summed E-state index contributed by atoms with van der Waals surface area (Å²) in [5.74, 6) is 0.743. The Labute approximate surface area is 147 Å². The van der Waals surface area contributed by atoms with Gasteiger partial charge in [0, 0.05) is 18.0 Å². The van der Waals surface area contributed by atoms with Crippen molar-refractivity contribution < 1.29 is 19.1 Å². The summed E-state index contributed by atoms with van der Waals surface area (Å²) in [6, 6.07) is 5.29. The topological polar surface area (TPSA) is 55.8 Å². The van der Waals surface area contributed by atoms with Gasteiger partial charge in [0.15, 0.2) is 6.61 Å². The quantitative estimate of drug-likeness (QED) is 0.603. The summed E-state index contributed by atoms with van der Waals surface area (Å²) in [4.78, 5) is 27.3. The van der Waals surface area contributed by atoms with Crippen molar-refractivity contribution in [1.82, 2.24) is 4.90 Å². The van der Waals surface area contributed by atoms with E-state index in [0.29, 0.717) is 23.1 Å². The highest BCUT2D eigenvalue weighted by Crippen LogP contribution is 2.26. The monoisotopic (exact) mass is 351 g/mol. The lowest BCUT2D eigenvalue weighted by molar-refractivity contribution is -0.137. The molecule has 0 saturated carbocycles. The number of thioether (sulfide) groups is 1. The number of carbonyl (C=O) groups excluding carboxylic acids is 2. The number of rotatable bonds is 5.